The van der Waals surface area contributed by atoms with Crippen LogP contribution in [0.25, 0.3) is 0 Å². The molecule has 0 spiro atoms. The summed E-state index contributed by atoms with van der Waals surface area (Å²) in [7, 11) is 0. The fraction of sp³-hybridized carbons (Fsp3) is 0.381. The Hall–Kier alpha value is -2.37. The van der Waals surface area contributed by atoms with Crippen molar-refractivity contribution in [3.05, 3.63) is 71.0 Å². The van der Waals surface area contributed by atoms with Gasteiger partial charge in [0.2, 0.25) is 5.91 Å². The summed E-state index contributed by atoms with van der Waals surface area (Å²) in [5.74, 6) is -0.533. The van der Waals surface area contributed by atoms with Gasteiger partial charge in [0.1, 0.15) is 5.82 Å². The number of benzene rings is 2. The van der Waals surface area contributed by atoms with E-state index in [0.717, 1.165) is 17.7 Å². The van der Waals surface area contributed by atoms with E-state index in [-0.39, 0.29) is 18.3 Å². The van der Waals surface area contributed by atoms with Gasteiger partial charge in [-0.2, -0.15) is 13.2 Å². The largest absolute Gasteiger partial charge is 0.416 e. The molecule has 2 nitrogen and oxygen atoms in total. The Kier molecular flexibility index (Phi) is 4.78. The number of carbonyl (C=O) groups excluding carboxylic acids is 1. The van der Waals surface area contributed by atoms with E-state index in [2.05, 4.69) is 5.32 Å². The second-order valence-corrected chi connectivity index (χ2v) is 7.73. The molecule has 1 aliphatic carbocycles. The van der Waals surface area contributed by atoms with E-state index in [1.54, 1.807) is 32.0 Å². The lowest BCUT2D eigenvalue weighted by Gasteiger charge is -2.28. The molecule has 0 radical (unpaired) electrons. The monoisotopic (exact) mass is 379 g/mol. The fourth-order valence-electron chi connectivity index (χ4n) is 3.23. The lowest BCUT2D eigenvalue weighted by atomic mass is 9.83. The van der Waals surface area contributed by atoms with E-state index >= 15 is 0 Å². The minimum absolute atomic E-state index is 0.172. The third kappa shape index (κ3) is 3.99. The molecule has 0 atom stereocenters. The molecule has 0 bridgehead atoms. The van der Waals surface area contributed by atoms with Crippen LogP contribution in [0, 0.1) is 5.82 Å². The molecule has 1 saturated carbocycles. The maximum atomic E-state index is 13.1. The molecule has 0 saturated heterocycles. The van der Waals surface area contributed by atoms with Crippen LogP contribution in [-0.2, 0) is 21.8 Å². The van der Waals surface area contributed by atoms with Crippen LogP contribution in [0.2, 0.25) is 0 Å². The van der Waals surface area contributed by atoms with Crippen LogP contribution in [0.1, 0.15) is 43.4 Å². The van der Waals surface area contributed by atoms with Gasteiger partial charge in [-0.1, -0.05) is 44.2 Å². The molecule has 1 amide bonds. The molecule has 1 fully saturated rings. The summed E-state index contributed by atoms with van der Waals surface area (Å²) in [4.78, 5) is 12.7. The molecule has 144 valence electrons. The number of carbonyl (C=O) groups is 1. The Morgan fingerprint density at radius 2 is 1.63 bits per heavy atom. The van der Waals surface area contributed by atoms with Gasteiger partial charge >= 0.3 is 6.18 Å². The van der Waals surface area contributed by atoms with Crippen LogP contribution in [0.5, 0.6) is 0 Å². The molecule has 0 aliphatic heterocycles. The molecule has 6 heteroatoms. The topological polar surface area (TPSA) is 29.1 Å². The highest BCUT2D eigenvalue weighted by molar-refractivity contribution is 5.91. The van der Waals surface area contributed by atoms with Gasteiger partial charge in [-0.15, -0.1) is 0 Å². The fourth-order valence-corrected chi connectivity index (χ4v) is 3.23. The zero-order chi connectivity index (χ0) is 19.9. The van der Waals surface area contributed by atoms with Crippen molar-refractivity contribution in [2.24, 2.45) is 0 Å². The van der Waals surface area contributed by atoms with E-state index in [1.165, 1.54) is 18.2 Å². The minimum Gasteiger partial charge on any atom is -0.354 e. The Morgan fingerprint density at radius 3 is 2.19 bits per heavy atom. The lowest BCUT2D eigenvalue weighted by Crippen LogP contribution is -2.42. The predicted octanol–water partition coefficient (Wildman–Crippen LogP) is 4.97. The van der Waals surface area contributed by atoms with Crippen molar-refractivity contribution in [3.63, 3.8) is 0 Å². The maximum absolute atomic E-state index is 13.1. The zero-order valence-electron chi connectivity index (χ0n) is 15.2. The van der Waals surface area contributed by atoms with E-state index < -0.39 is 22.6 Å². The molecule has 2 aromatic carbocycles. The summed E-state index contributed by atoms with van der Waals surface area (Å²) in [5.41, 5.74) is -0.764. The molecule has 27 heavy (non-hydrogen) atoms. The van der Waals surface area contributed by atoms with Crippen molar-refractivity contribution in [1.29, 1.82) is 0 Å². The van der Waals surface area contributed by atoms with Crippen LogP contribution in [0.15, 0.2) is 48.5 Å². The number of alkyl halides is 3. The Labute approximate surface area is 155 Å². The number of hydrogen-bond donors (Lipinski definition) is 1. The van der Waals surface area contributed by atoms with E-state index in [4.69, 9.17) is 0 Å². The Bertz CT molecular complexity index is 836. The second kappa shape index (κ2) is 6.66. The van der Waals surface area contributed by atoms with Gasteiger partial charge in [0.05, 0.1) is 11.0 Å². The number of rotatable bonds is 5. The van der Waals surface area contributed by atoms with Crippen LogP contribution < -0.4 is 5.32 Å². The smallest absolute Gasteiger partial charge is 0.354 e. The van der Waals surface area contributed by atoms with Crippen LogP contribution in [0.3, 0.4) is 0 Å². The number of halogens is 4. The van der Waals surface area contributed by atoms with Crippen LogP contribution >= 0.6 is 0 Å². The third-order valence-corrected chi connectivity index (χ3v) is 5.24. The molecule has 3 rings (SSSR count). The first kappa shape index (κ1) is 19.4. The van der Waals surface area contributed by atoms with Crippen LogP contribution in [-0.4, -0.2) is 12.5 Å². The number of hydrogen-bond acceptors (Lipinski definition) is 1. The van der Waals surface area contributed by atoms with Gasteiger partial charge in [-0.25, -0.2) is 4.39 Å². The third-order valence-electron chi connectivity index (χ3n) is 5.24. The second-order valence-electron chi connectivity index (χ2n) is 7.73. The maximum Gasteiger partial charge on any atom is 0.416 e. The Balaban J connectivity index is 1.72. The molecule has 0 aromatic heterocycles. The molecule has 2 aromatic rings. The Morgan fingerprint density at radius 1 is 1.04 bits per heavy atom. The summed E-state index contributed by atoms with van der Waals surface area (Å²) in [6.07, 6.45) is -3.06. The molecule has 1 aliphatic rings. The highest BCUT2D eigenvalue weighted by Gasteiger charge is 2.51. The molecular formula is C21H21F4NO. The molecule has 0 heterocycles. The summed E-state index contributed by atoms with van der Waals surface area (Å²) in [6.45, 7) is 3.79. The first-order chi connectivity index (χ1) is 12.5. The van der Waals surface area contributed by atoms with Gasteiger partial charge in [-0.3, -0.25) is 4.79 Å². The van der Waals surface area contributed by atoms with E-state index in [0.29, 0.717) is 18.4 Å². The number of amides is 1. The van der Waals surface area contributed by atoms with Gasteiger partial charge < -0.3 is 5.32 Å². The highest BCUT2D eigenvalue weighted by Crippen LogP contribution is 2.48. The van der Waals surface area contributed by atoms with E-state index in [9.17, 15) is 22.4 Å². The van der Waals surface area contributed by atoms with Crippen molar-refractivity contribution >= 4 is 5.91 Å². The molecule has 1 N–H and O–H groups in total. The van der Waals surface area contributed by atoms with E-state index in [1.807, 2.05) is 0 Å². The van der Waals surface area contributed by atoms with Crippen molar-refractivity contribution in [1.82, 2.24) is 5.32 Å². The average Bonchev–Trinajstić information content (AvgIpc) is 3.42. The first-order valence-corrected chi connectivity index (χ1v) is 8.77. The lowest BCUT2D eigenvalue weighted by molar-refractivity contribution is -0.137. The minimum atomic E-state index is -4.41. The number of nitrogens with one attached hydrogen (secondary N) is 1. The highest BCUT2D eigenvalue weighted by atomic mass is 19.4. The SMILES string of the molecule is CC(C)(CNC(=O)C1(c2ccc(F)cc2)CC1)c1cccc(C(F)(F)F)c1. The van der Waals surface area contributed by atoms with Gasteiger partial charge in [0.15, 0.2) is 0 Å². The molecular weight excluding hydrogens is 358 g/mol. The van der Waals surface area contributed by atoms with Crippen molar-refractivity contribution < 1.29 is 22.4 Å². The normalized spacial score (nSPS) is 16.1. The average molecular weight is 379 g/mol. The van der Waals surface area contributed by atoms with Crippen molar-refractivity contribution in [2.75, 3.05) is 6.54 Å². The quantitative estimate of drug-likeness (QED) is 0.730. The summed E-state index contributed by atoms with van der Waals surface area (Å²) in [6, 6.07) is 11.0. The molecule has 0 unspecified atom stereocenters. The predicted molar refractivity (Wildman–Crippen MR) is 94.8 cm³/mol. The summed E-state index contributed by atoms with van der Waals surface area (Å²) in [5, 5.41) is 2.88. The van der Waals surface area contributed by atoms with Gasteiger partial charge in [0, 0.05) is 12.0 Å². The van der Waals surface area contributed by atoms with Gasteiger partial charge in [0.25, 0.3) is 0 Å². The first-order valence-electron chi connectivity index (χ1n) is 8.77. The zero-order valence-corrected chi connectivity index (χ0v) is 15.2. The summed E-state index contributed by atoms with van der Waals surface area (Å²) < 4.78 is 52.0. The van der Waals surface area contributed by atoms with Gasteiger partial charge in [-0.05, 0) is 42.2 Å². The summed E-state index contributed by atoms with van der Waals surface area (Å²) >= 11 is 0. The standard InChI is InChI=1S/C21H21F4NO/c1-19(2,15-4-3-5-16(12-15)21(23,24)25)13-26-18(27)20(10-11-20)14-6-8-17(22)9-7-14/h3-9,12H,10-11,13H2,1-2H3,(H,26,27). The van der Waals surface area contributed by atoms with Crippen molar-refractivity contribution in [3.8, 4) is 0 Å². The van der Waals surface area contributed by atoms with Crippen molar-refractivity contribution in [2.45, 2.75) is 43.7 Å². The van der Waals surface area contributed by atoms with Crippen LogP contribution in [0.4, 0.5) is 17.6 Å².